The summed E-state index contributed by atoms with van der Waals surface area (Å²) in [6.07, 6.45) is 0. The van der Waals surface area contributed by atoms with Crippen LogP contribution in [0, 0.1) is 11.8 Å². The van der Waals surface area contributed by atoms with Crippen LogP contribution < -0.4 is 10.1 Å². The highest BCUT2D eigenvalue weighted by atomic mass is 35.5. The topological polar surface area (TPSA) is 75.6 Å². The maximum Gasteiger partial charge on any atom is 0.307 e. The van der Waals surface area contributed by atoms with Crippen molar-refractivity contribution < 1.29 is 19.4 Å². The normalized spacial score (nSPS) is 13.4. The SMILES string of the molecule is CCOc1ccc(NC(=O)C(C)C(C)C(=O)O)cc1Cl. The van der Waals surface area contributed by atoms with Gasteiger partial charge in [-0.25, -0.2) is 0 Å². The Morgan fingerprint density at radius 3 is 2.50 bits per heavy atom. The number of anilines is 1. The number of nitrogens with one attached hydrogen (secondary N) is 1. The quantitative estimate of drug-likeness (QED) is 0.846. The van der Waals surface area contributed by atoms with Crippen LogP contribution in [0.4, 0.5) is 5.69 Å². The third kappa shape index (κ3) is 4.13. The Balaban J connectivity index is 2.76. The number of ether oxygens (including phenoxy) is 1. The van der Waals surface area contributed by atoms with Gasteiger partial charge in [0.25, 0.3) is 0 Å². The Kier molecular flexibility index (Phi) is 5.82. The smallest absolute Gasteiger partial charge is 0.307 e. The van der Waals surface area contributed by atoms with Gasteiger partial charge in [-0.15, -0.1) is 0 Å². The van der Waals surface area contributed by atoms with E-state index < -0.39 is 17.8 Å². The van der Waals surface area contributed by atoms with Crippen molar-refractivity contribution >= 4 is 29.2 Å². The van der Waals surface area contributed by atoms with Gasteiger partial charge in [0.15, 0.2) is 0 Å². The van der Waals surface area contributed by atoms with Crippen molar-refractivity contribution in [3.05, 3.63) is 23.2 Å². The van der Waals surface area contributed by atoms with Crippen molar-refractivity contribution in [2.24, 2.45) is 11.8 Å². The standard InChI is InChI=1S/C14H18ClNO4/c1-4-20-12-6-5-10(7-11(12)15)16-13(17)8(2)9(3)14(18)19/h5-9H,4H2,1-3H3,(H,16,17)(H,18,19). The molecule has 5 nitrogen and oxygen atoms in total. The molecular formula is C14H18ClNO4. The number of benzene rings is 1. The van der Waals surface area contributed by atoms with Gasteiger partial charge in [-0.1, -0.05) is 25.4 Å². The van der Waals surface area contributed by atoms with E-state index >= 15 is 0 Å². The van der Waals surface area contributed by atoms with Crippen LogP contribution in [-0.4, -0.2) is 23.6 Å². The number of carbonyl (C=O) groups excluding carboxylic acids is 1. The van der Waals surface area contributed by atoms with E-state index in [0.717, 1.165) is 0 Å². The van der Waals surface area contributed by atoms with E-state index in [2.05, 4.69) is 5.32 Å². The third-order valence-corrected chi connectivity index (χ3v) is 3.35. The molecule has 2 unspecified atom stereocenters. The highest BCUT2D eigenvalue weighted by Crippen LogP contribution is 2.28. The van der Waals surface area contributed by atoms with Crippen LogP contribution in [0.5, 0.6) is 5.75 Å². The molecular weight excluding hydrogens is 282 g/mol. The van der Waals surface area contributed by atoms with Gasteiger partial charge in [-0.05, 0) is 25.1 Å². The summed E-state index contributed by atoms with van der Waals surface area (Å²) in [7, 11) is 0. The summed E-state index contributed by atoms with van der Waals surface area (Å²) in [6, 6.07) is 4.89. The summed E-state index contributed by atoms with van der Waals surface area (Å²) in [5, 5.41) is 11.9. The molecule has 1 aromatic rings. The molecule has 110 valence electrons. The van der Waals surface area contributed by atoms with E-state index in [0.29, 0.717) is 23.1 Å². The van der Waals surface area contributed by atoms with Gasteiger partial charge in [-0.2, -0.15) is 0 Å². The molecule has 0 aliphatic rings. The zero-order valence-corrected chi connectivity index (χ0v) is 12.4. The van der Waals surface area contributed by atoms with E-state index in [1.54, 1.807) is 25.1 Å². The molecule has 2 atom stereocenters. The molecule has 0 spiro atoms. The summed E-state index contributed by atoms with van der Waals surface area (Å²) >= 11 is 6.01. The largest absolute Gasteiger partial charge is 0.492 e. The van der Waals surface area contributed by atoms with Crippen LogP contribution >= 0.6 is 11.6 Å². The monoisotopic (exact) mass is 299 g/mol. The summed E-state index contributed by atoms with van der Waals surface area (Å²) in [6.45, 7) is 5.42. The molecule has 0 aliphatic carbocycles. The summed E-state index contributed by atoms with van der Waals surface area (Å²) in [4.78, 5) is 22.8. The predicted molar refractivity (Wildman–Crippen MR) is 77.2 cm³/mol. The highest BCUT2D eigenvalue weighted by molar-refractivity contribution is 6.32. The first-order valence-electron chi connectivity index (χ1n) is 6.32. The molecule has 6 heteroatoms. The van der Waals surface area contributed by atoms with Crippen LogP contribution in [-0.2, 0) is 9.59 Å². The molecule has 0 saturated carbocycles. The van der Waals surface area contributed by atoms with Gasteiger partial charge in [0.2, 0.25) is 5.91 Å². The maximum absolute atomic E-state index is 11.9. The molecule has 0 fully saturated rings. The lowest BCUT2D eigenvalue weighted by Gasteiger charge is -2.16. The van der Waals surface area contributed by atoms with Gasteiger partial charge in [-0.3, -0.25) is 9.59 Å². The number of amides is 1. The lowest BCUT2D eigenvalue weighted by molar-refractivity contribution is -0.145. The average molecular weight is 300 g/mol. The minimum absolute atomic E-state index is 0.361. The Morgan fingerprint density at radius 2 is 2.00 bits per heavy atom. The first kappa shape index (κ1) is 16.3. The third-order valence-electron chi connectivity index (χ3n) is 3.05. The van der Waals surface area contributed by atoms with Crippen molar-refractivity contribution in [3.8, 4) is 5.75 Å². The van der Waals surface area contributed by atoms with E-state index in [9.17, 15) is 9.59 Å². The van der Waals surface area contributed by atoms with Gasteiger partial charge in [0.05, 0.1) is 17.5 Å². The number of carboxylic acids is 1. The van der Waals surface area contributed by atoms with Crippen molar-refractivity contribution in [1.82, 2.24) is 0 Å². The summed E-state index contributed by atoms with van der Waals surface area (Å²) in [5.74, 6) is -2.22. The number of rotatable bonds is 6. The van der Waals surface area contributed by atoms with Crippen LogP contribution in [0.1, 0.15) is 20.8 Å². The number of hydrogen-bond donors (Lipinski definition) is 2. The lowest BCUT2D eigenvalue weighted by Crippen LogP contribution is -2.29. The van der Waals surface area contributed by atoms with Gasteiger partial charge in [0.1, 0.15) is 5.75 Å². The van der Waals surface area contributed by atoms with Crippen LogP contribution in [0.15, 0.2) is 18.2 Å². The van der Waals surface area contributed by atoms with Crippen molar-refractivity contribution in [2.75, 3.05) is 11.9 Å². The van der Waals surface area contributed by atoms with Crippen LogP contribution in [0.2, 0.25) is 5.02 Å². The number of carboxylic acid groups (broad SMARTS) is 1. The molecule has 2 N–H and O–H groups in total. The van der Waals surface area contributed by atoms with E-state index in [4.69, 9.17) is 21.4 Å². The number of carbonyl (C=O) groups is 2. The molecule has 1 rings (SSSR count). The molecule has 0 aromatic heterocycles. The minimum atomic E-state index is -1.00. The van der Waals surface area contributed by atoms with Gasteiger partial charge < -0.3 is 15.2 Å². The second-order valence-corrected chi connectivity index (χ2v) is 4.89. The fraction of sp³-hybridized carbons (Fsp3) is 0.429. The van der Waals surface area contributed by atoms with E-state index in [-0.39, 0.29) is 5.91 Å². The van der Waals surface area contributed by atoms with Crippen molar-refractivity contribution in [3.63, 3.8) is 0 Å². The Bertz CT molecular complexity index is 504. The van der Waals surface area contributed by atoms with E-state index in [1.165, 1.54) is 6.92 Å². The summed E-state index contributed by atoms with van der Waals surface area (Å²) in [5.41, 5.74) is 0.507. The fourth-order valence-corrected chi connectivity index (χ4v) is 1.78. The van der Waals surface area contributed by atoms with Crippen molar-refractivity contribution in [2.45, 2.75) is 20.8 Å². The highest BCUT2D eigenvalue weighted by Gasteiger charge is 2.25. The summed E-state index contributed by atoms with van der Waals surface area (Å²) < 4.78 is 5.29. The first-order chi connectivity index (χ1) is 9.36. The molecule has 0 radical (unpaired) electrons. The molecule has 1 amide bonds. The molecule has 0 heterocycles. The maximum atomic E-state index is 11.9. The first-order valence-corrected chi connectivity index (χ1v) is 6.70. The predicted octanol–water partition coefficient (Wildman–Crippen LogP) is 3.03. The Labute approximate surface area is 122 Å². The number of halogens is 1. The van der Waals surface area contributed by atoms with Gasteiger partial charge >= 0.3 is 5.97 Å². The lowest BCUT2D eigenvalue weighted by atomic mass is 9.95. The average Bonchev–Trinajstić information content (AvgIpc) is 2.40. The molecule has 1 aromatic carbocycles. The molecule has 0 bridgehead atoms. The zero-order valence-electron chi connectivity index (χ0n) is 11.6. The fourth-order valence-electron chi connectivity index (χ4n) is 1.55. The molecule has 0 aliphatic heterocycles. The van der Waals surface area contributed by atoms with Crippen molar-refractivity contribution in [1.29, 1.82) is 0 Å². The van der Waals surface area contributed by atoms with E-state index in [1.807, 2.05) is 6.92 Å². The van der Waals surface area contributed by atoms with Crippen LogP contribution in [0.3, 0.4) is 0 Å². The number of hydrogen-bond acceptors (Lipinski definition) is 3. The van der Waals surface area contributed by atoms with Gasteiger partial charge in [0, 0.05) is 11.6 Å². The second-order valence-electron chi connectivity index (χ2n) is 4.48. The number of aliphatic carboxylic acids is 1. The minimum Gasteiger partial charge on any atom is -0.492 e. The van der Waals surface area contributed by atoms with Crippen LogP contribution in [0.25, 0.3) is 0 Å². The Hall–Kier alpha value is -1.75. The second kappa shape index (κ2) is 7.14. The molecule has 0 saturated heterocycles. The Morgan fingerprint density at radius 1 is 1.35 bits per heavy atom. The zero-order chi connectivity index (χ0) is 15.3. The molecule has 20 heavy (non-hydrogen) atoms.